The molecule has 0 aromatic heterocycles. The SMILES string of the molecule is COc1cc(Cl)ccc1CNC(=O)NCC1CCNCC1. The van der Waals surface area contributed by atoms with Gasteiger partial charge in [0.1, 0.15) is 5.75 Å². The van der Waals surface area contributed by atoms with Crippen LogP contribution in [0.2, 0.25) is 5.02 Å². The third-order valence-electron chi connectivity index (χ3n) is 3.70. The molecule has 0 saturated carbocycles. The van der Waals surface area contributed by atoms with E-state index in [1.807, 2.05) is 6.07 Å². The number of halogens is 1. The number of hydrogen-bond donors (Lipinski definition) is 3. The van der Waals surface area contributed by atoms with Gasteiger partial charge in [0.15, 0.2) is 0 Å². The first kappa shape index (κ1) is 15.9. The van der Waals surface area contributed by atoms with Crippen LogP contribution in [0.1, 0.15) is 18.4 Å². The molecule has 0 unspecified atom stereocenters. The second kappa shape index (κ2) is 8.10. The van der Waals surface area contributed by atoms with Gasteiger partial charge in [-0.15, -0.1) is 0 Å². The zero-order valence-electron chi connectivity index (χ0n) is 12.2. The molecule has 1 fully saturated rings. The van der Waals surface area contributed by atoms with Crippen molar-refractivity contribution < 1.29 is 9.53 Å². The third kappa shape index (κ3) is 5.10. The van der Waals surface area contributed by atoms with Crippen molar-refractivity contribution in [2.24, 2.45) is 5.92 Å². The number of rotatable bonds is 5. The minimum absolute atomic E-state index is 0.148. The van der Waals surface area contributed by atoms with Gasteiger partial charge >= 0.3 is 6.03 Å². The van der Waals surface area contributed by atoms with E-state index >= 15 is 0 Å². The summed E-state index contributed by atoms with van der Waals surface area (Å²) in [5.74, 6) is 1.25. The molecule has 1 aromatic rings. The van der Waals surface area contributed by atoms with Crippen molar-refractivity contribution in [3.8, 4) is 5.75 Å². The van der Waals surface area contributed by atoms with Crippen molar-refractivity contribution in [1.82, 2.24) is 16.0 Å². The summed E-state index contributed by atoms with van der Waals surface area (Å²) in [5, 5.41) is 9.70. The van der Waals surface area contributed by atoms with Gasteiger partial charge in [0.05, 0.1) is 7.11 Å². The molecular weight excluding hydrogens is 290 g/mol. The van der Waals surface area contributed by atoms with Crippen LogP contribution in [-0.4, -0.2) is 32.8 Å². The van der Waals surface area contributed by atoms with Gasteiger partial charge in [-0.05, 0) is 44.0 Å². The maximum Gasteiger partial charge on any atom is 0.315 e. The van der Waals surface area contributed by atoms with Crippen molar-refractivity contribution in [2.45, 2.75) is 19.4 Å². The van der Waals surface area contributed by atoms with E-state index in [2.05, 4.69) is 16.0 Å². The zero-order valence-corrected chi connectivity index (χ0v) is 13.0. The van der Waals surface area contributed by atoms with Crippen LogP contribution >= 0.6 is 11.6 Å². The van der Waals surface area contributed by atoms with Crippen molar-refractivity contribution in [3.05, 3.63) is 28.8 Å². The molecule has 6 heteroatoms. The first-order valence-corrected chi connectivity index (χ1v) is 7.61. The van der Waals surface area contributed by atoms with E-state index in [9.17, 15) is 4.79 Å². The Labute approximate surface area is 130 Å². The number of ether oxygens (including phenoxy) is 1. The number of piperidine rings is 1. The first-order chi connectivity index (χ1) is 10.2. The smallest absolute Gasteiger partial charge is 0.315 e. The molecule has 2 amide bonds. The van der Waals surface area contributed by atoms with Crippen LogP contribution in [-0.2, 0) is 6.54 Å². The van der Waals surface area contributed by atoms with E-state index in [0.29, 0.717) is 23.2 Å². The zero-order chi connectivity index (χ0) is 15.1. The Balaban J connectivity index is 1.75. The van der Waals surface area contributed by atoms with Gasteiger partial charge in [-0.3, -0.25) is 0 Å². The monoisotopic (exact) mass is 311 g/mol. The average molecular weight is 312 g/mol. The number of carbonyl (C=O) groups is 1. The largest absolute Gasteiger partial charge is 0.496 e. The quantitative estimate of drug-likeness (QED) is 0.781. The summed E-state index contributed by atoms with van der Waals surface area (Å²) < 4.78 is 5.25. The normalized spacial score (nSPS) is 15.5. The van der Waals surface area contributed by atoms with Crippen LogP contribution < -0.4 is 20.7 Å². The van der Waals surface area contributed by atoms with E-state index < -0.39 is 0 Å². The highest BCUT2D eigenvalue weighted by molar-refractivity contribution is 6.30. The lowest BCUT2D eigenvalue weighted by molar-refractivity contribution is 0.236. The number of amides is 2. The lowest BCUT2D eigenvalue weighted by Crippen LogP contribution is -2.40. The highest BCUT2D eigenvalue weighted by Gasteiger charge is 2.14. The summed E-state index contributed by atoms with van der Waals surface area (Å²) in [5.41, 5.74) is 0.902. The maximum atomic E-state index is 11.8. The standard InChI is InChI=1S/C15H22ClN3O2/c1-21-14-8-13(16)3-2-12(14)10-19-15(20)18-9-11-4-6-17-7-5-11/h2-3,8,11,17H,4-7,9-10H2,1H3,(H2,18,19,20). The molecule has 1 aliphatic rings. The summed E-state index contributed by atoms with van der Waals surface area (Å²) in [7, 11) is 1.59. The van der Waals surface area contributed by atoms with Crippen LogP contribution in [0.25, 0.3) is 0 Å². The summed E-state index contributed by atoms with van der Waals surface area (Å²) in [4.78, 5) is 11.8. The molecule has 3 N–H and O–H groups in total. The molecule has 2 rings (SSSR count). The minimum Gasteiger partial charge on any atom is -0.496 e. The van der Waals surface area contributed by atoms with Crippen LogP contribution in [0, 0.1) is 5.92 Å². The topological polar surface area (TPSA) is 62.4 Å². The Morgan fingerprint density at radius 1 is 1.38 bits per heavy atom. The van der Waals surface area contributed by atoms with Crippen molar-refractivity contribution >= 4 is 17.6 Å². The van der Waals surface area contributed by atoms with Crippen molar-refractivity contribution in [2.75, 3.05) is 26.7 Å². The number of benzene rings is 1. The fourth-order valence-corrected chi connectivity index (χ4v) is 2.59. The van der Waals surface area contributed by atoms with Crippen LogP contribution in [0.4, 0.5) is 4.79 Å². The average Bonchev–Trinajstić information content (AvgIpc) is 2.52. The molecule has 0 atom stereocenters. The minimum atomic E-state index is -0.148. The van der Waals surface area contributed by atoms with Gasteiger partial charge in [0.2, 0.25) is 0 Å². The Kier molecular flexibility index (Phi) is 6.14. The third-order valence-corrected chi connectivity index (χ3v) is 3.93. The van der Waals surface area contributed by atoms with Gasteiger partial charge in [-0.2, -0.15) is 0 Å². The first-order valence-electron chi connectivity index (χ1n) is 7.24. The number of carbonyl (C=O) groups excluding carboxylic acids is 1. The Morgan fingerprint density at radius 3 is 2.86 bits per heavy atom. The van der Waals surface area contributed by atoms with Gasteiger partial charge in [0, 0.05) is 23.7 Å². The molecule has 1 aromatic carbocycles. The van der Waals surface area contributed by atoms with Crippen LogP contribution in [0.3, 0.4) is 0 Å². The molecule has 0 aliphatic carbocycles. The summed E-state index contributed by atoms with van der Waals surface area (Å²) in [6.07, 6.45) is 2.23. The predicted octanol–water partition coefficient (Wildman–Crippen LogP) is 2.15. The van der Waals surface area contributed by atoms with Crippen LogP contribution in [0.15, 0.2) is 18.2 Å². The number of hydrogen-bond acceptors (Lipinski definition) is 3. The second-order valence-corrected chi connectivity index (χ2v) is 5.65. The van der Waals surface area contributed by atoms with E-state index in [1.54, 1.807) is 19.2 Å². The highest BCUT2D eigenvalue weighted by Crippen LogP contribution is 2.22. The Bertz CT molecular complexity index is 476. The second-order valence-electron chi connectivity index (χ2n) is 5.21. The fraction of sp³-hybridized carbons (Fsp3) is 0.533. The lowest BCUT2D eigenvalue weighted by atomic mass is 9.98. The highest BCUT2D eigenvalue weighted by atomic mass is 35.5. The predicted molar refractivity (Wildman–Crippen MR) is 83.8 cm³/mol. The van der Waals surface area contributed by atoms with E-state index in [4.69, 9.17) is 16.3 Å². The molecule has 0 radical (unpaired) electrons. The maximum absolute atomic E-state index is 11.8. The molecule has 5 nitrogen and oxygen atoms in total. The van der Waals surface area contributed by atoms with Gasteiger partial charge in [-0.1, -0.05) is 17.7 Å². The molecule has 116 valence electrons. The van der Waals surface area contributed by atoms with Gasteiger partial charge in [0.25, 0.3) is 0 Å². The van der Waals surface area contributed by atoms with E-state index in [-0.39, 0.29) is 6.03 Å². The van der Waals surface area contributed by atoms with Crippen molar-refractivity contribution in [1.29, 1.82) is 0 Å². The number of urea groups is 1. The number of nitrogens with one attached hydrogen (secondary N) is 3. The molecule has 1 heterocycles. The lowest BCUT2D eigenvalue weighted by Gasteiger charge is -2.22. The molecule has 1 saturated heterocycles. The molecule has 1 aliphatic heterocycles. The van der Waals surface area contributed by atoms with Crippen molar-refractivity contribution in [3.63, 3.8) is 0 Å². The fourth-order valence-electron chi connectivity index (χ4n) is 2.43. The summed E-state index contributed by atoms with van der Waals surface area (Å²) in [6.45, 7) is 3.22. The molecule has 0 bridgehead atoms. The number of methoxy groups -OCH3 is 1. The molecular formula is C15H22ClN3O2. The van der Waals surface area contributed by atoms with Gasteiger partial charge < -0.3 is 20.7 Å². The summed E-state index contributed by atoms with van der Waals surface area (Å²) >= 11 is 5.91. The van der Waals surface area contributed by atoms with E-state index in [1.165, 1.54) is 0 Å². The summed E-state index contributed by atoms with van der Waals surface area (Å²) in [6, 6.07) is 5.24. The van der Waals surface area contributed by atoms with E-state index in [0.717, 1.165) is 38.0 Å². The molecule has 21 heavy (non-hydrogen) atoms. The van der Waals surface area contributed by atoms with Crippen LogP contribution in [0.5, 0.6) is 5.75 Å². The Hall–Kier alpha value is -1.46. The molecule has 0 spiro atoms. The van der Waals surface area contributed by atoms with Gasteiger partial charge in [-0.25, -0.2) is 4.79 Å². The Morgan fingerprint density at radius 2 is 2.14 bits per heavy atom.